The van der Waals surface area contributed by atoms with E-state index >= 15 is 0 Å². The van der Waals surface area contributed by atoms with Crippen molar-refractivity contribution < 1.29 is 18.3 Å². The van der Waals surface area contributed by atoms with Crippen molar-refractivity contribution in [2.75, 3.05) is 0 Å². The fraction of sp³-hybridized carbons (Fsp3) is 0.125. The molecule has 23 heavy (non-hydrogen) atoms. The first kappa shape index (κ1) is 16.7. The number of sulfonamides is 1. The molecule has 0 aliphatic rings. The van der Waals surface area contributed by atoms with E-state index in [9.17, 15) is 13.2 Å². The number of aryl methyl sites for hydroxylation is 2. The van der Waals surface area contributed by atoms with Gasteiger partial charge >= 0.3 is 5.97 Å². The maximum Gasteiger partial charge on any atom is 0.335 e. The summed E-state index contributed by atoms with van der Waals surface area (Å²) in [4.78, 5) is 13.0. The highest BCUT2D eigenvalue weighted by Crippen LogP contribution is 2.14. The molecule has 120 valence electrons. The van der Waals surface area contributed by atoms with Gasteiger partial charge in [-0.25, -0.2) is 9.63 Å². The summed E-state index contributed by atoms with van der Waals surface area (Å²) < 4.78 is 24.3. The Morgan fingerprint density at radius 3 is 2.30 bits per heavy atom. The van der Waals surface area contributed by atoms with E-state index in [-0.39, 0.29) is 10.5 Å². The molecule has 7 heteroatoms. The van der Waals surface area contributed by atoms with Crippen molar-refractivity contribution >= 4 is 22.2 Å². The summed E-state index contributed by atoms with van der Waals surface area (Å²) in [5.41, 5.74) is 2.61. The fourth-order valence-electron chi connectivity index (χ4n) is 1.82. The average molecular weight is 332 g/mol. The van der Waals surface area contributed by atoms with Crippen molar-refractivity contribution in [3.05, 3.63) is 64.7 Å². The van der Waals surface area contributed by atoms with Crippen LogP contribution in [0.5, 0.6) is 0 Å². The van der Waals surface area contributed by atoms with Gasteiger partial charge in [0.05, 0.1) is 16.7 Å². The molecule has 0 bridgehead atoms. The third kappa shape index (κ3) is 4.17. The van der Waals surface area contributed by atoms with Gasteiger partial charge in [-0.15, -0.1) is 0 Å². The summed E-state index contributed by atoms with van der Waals surface area (Å²) in [5, 5.41) is 12.5. The molecule has 0 unspecified atom stereocenters. The number of rotatable bonds is 5. The summed E-state index contributed by atoms with van der Waals surface area (Å²) in [6.07, 6.45) is 1.31. The van der Waals surface area contributed by atoms with Crippen LogP contribution in [0.15, 0.2) is 52.5 Å². The molecule has 0 amide bonds. The van der Waals surface area contributed by atoms with E-state index in [1.54, 1.807) is 12.1 Å². The zero-order valence-corrected chi connectivity index (χ0v) is 13.5. The zero-order chi connectivity index (χ0) is 17.0. The van der Waals surface area contributed by atoms with Crippen molar-refractivity contribution in [1.29, 1.82) is 0 Å². The highest BCUT2D eigenvalue weighted by atomic mass is 32.2. The van der Waals surface area contributed by atoms with E-state index in [0.29, 0.717) is 5.56 Å². The Morgan fingerprint density at radius 2 is 1.74 bits per heavy atom. The molecular formula is C16H16N2O4S. The van der Waals surface area contributed by atoms with E-state index in [0.717, 1.165) is 11.1 Å². The number of aromatic carboxylic acids is 1. The van der Waals surface area contributed by atoms with Gasteiger partial charge in [0.1, 0.15) is 0 Å². The predicted molar refractivity (Wildman–Crippen MR) is 87.2 cm³/mol. The molecule has 0 aliphatic heterocycles. The molecule has 0 heterocycles. The second kappa shape index (κ2) is 6.62. The lowest BCUT2D eigenvalue weighted by molar-refractivity contribution is 0.0697. The van der Waals surface area contributed by atoms with Gasteiger partial charge in [-0.1, -0.05) is 18.2 Å². The first-order valence-electron chi connectivity index (χ1n) is 6.75. The molecule has 2 aromatic rings. The summed E-state index contributed by atoms with van der Waals surface area (Å²) >= 11 is 0. The SMILES string of the molecule is Cc1ccc(S(=O)(=O)N/N=C/c2ccc(C(=O)O)cc2)cc1C. The number of hydrogen-bond acceptors (Lipinski definition) is 4. The Bertz CT molecular complexity index is 856. The number of hydrazone groups is 1. The zero-order valence-electron chi connectivity index (χ0n) is 12.6. The van der Waals surface area contributed by atoms with Crippen LogP contribution in [0.3, 0.4) is 0 Å². The molecule has 0 saturated heterocycles. The average Bonchev–Trinajstić information content (AvgIpc) is 2.50. The van der Waals surface area contributed by atoms with Crippen LogP contribution in [0.25, 0.3) is 0 Å². The summed E-state index contributed by atoms with van der Waals surface area (Å²) in [6, 6.07) is 10.7. The van der Waals surface area contributed by atoms with Crippen molar-refractivity contribution in [2.45, 2.75) is 18.7 Å². The molecule has 0 spiro atoms. The number of hydrogen-bond donors (Lipinski definition) is 2. The van der Waals surface area contributed by atoms with Gasteiger partial charge < -0.3 is 5.11 Å². The first-order valence-corrected chi connectivity index (χ1v) is 8.23. The third-order valence-electron chi connectivity index (χ3n) is 3.33. The van der Waals surface area contributed by atoms with Crippen LogP contribution < -0.4 is 4.83 Å². The molecule has 0 saturated carbocycles. The van der Waals surface area contributed by atoms with Crippen molar-refractivity contribution in [3.8, 4) is 0 Å². The molecule has 2 N–H and O–H groups in total. The molecule has 0 atom stereocenters. The fourth-order valence-corrected chi connectivity index (χ4v) is 2.69. The molecule has 2 aromatic carbocycles. The number of carboxylic acid groups (broad SMARTS) is 1. The Kier molecular flexibility index (Phi) is 4.80. The molecule has 2 rings (SSSR count). The summed E-state index contributed by atoms with van der Waals surface area (Å²) in [5.74, 6) is -1.02. The molecule has 6 nitrogen and oxygen atoms in total. The molecule has 0 aromatic heterocycles. The number of nitrogens with one attached hydrogen (secondary N) is 1. The van der Waals surface area contributed by atoms with Crippen molar-refractivity contribution in [2.24, 2.45) is 5.10 Å². The van der Waals surface area contributed by atoms with Crippen LogP contribution >= 0.6 is 0 Å². The van der Waals surface area contributed by atoms with E-state index in [4.69, 9.17) is 5.11 Å². The molecule has 0 fully saturated rings. The largest absolute Gasteiger partial charge is 0.478 e. The Hall–Kier alpha value is -2.67. The van der Waals surface area contributed by atoms with Gasteiger partial charge in [0, 0.05) is 0 Å². The number of carbonyl (C=O) groups is 1. The maximum absolute atomic E-state index is 12.1. The van der Waals surface area contributed by atoms with Gasteiger partial charge in [0.2, 0.25) is 0 Å². The van der Waals surface area contributed by atoms with E-state index < -0.39 is 16.0 Å². The van der Waals surface area contributed by atoms with Gasteiger partial charge in [0.15, 0.2) is 0 Å². The summed E-state index contributed by atoms with van der Waals surface area (Å²) in [6.45, 7) is 3.74. The van der Waals surface area contributed by atoms with Crippen molar-refractivity contribution in [3.63, 3.8) is 0 Å². The lowest BCUT2D eigenvalue weighted by atomic mass is 10.1. The van der Waals surface area contributed by atoms with Crippen molar-refractivity contribution in [1.82, 2.24) is 4.83 Å². The molecule has 0 aliphatic carbocycles. The van der Waals surface area contributed by atoms with Crippen LogP contribution in [-0.4, -0.2) is 25.7 Å². The van der Waals surface area contributed by atoms with Crippen LogP contribution in [0, 0.1) is 13.8 Å². The molecular weight excluding hydrogens is 316 g/mol. The number of benzene rings is 2. The minimum Gasteiger partial charge on any atom is -0.478 e. The van der Waals surface area contributed by atoms with E-state index in [1.165, 1.54) is 36.5 Å². The van der Waals surface area contributed by atoms with Gasteiger partial charge in [0.25, 0.3) is 10.0 Å². The van der Waals surface area contributed by atoms with Crippen LogP contribution in [0.1, 0.15) is 27.0 Å². The third-order valence-corrected chi connectivity index (χ3v) is 4.55. The predicted octanol–water partition coefficient (Wildman–Crippen LogP) is 2.31. The maximum atomic E-state index is 12.1. The Balaban J connectivity index is 2.11. The molecule has 0 radical (unpaired) electrons. The highest BCUT2D eigenvalue weighted by molar-refractivity contribution is 7.89. The topological polar surface area (TPSA) is 95.8 Å². The highest BCUT2D eigenvalue weighted by Gasteiger charge is 2.13. The van der Waals surface area contributed by atoms with E-state index in [1.807, 2.05) is 13.8 Å². The summed E-state index contributed by atoms with van der Waals surface area (Å²) in [7, 11) is -3.73. The quantitative estimate of drug-likeness (QED) is 0.649. The second-order valence-corrected chi connectivity index (χ2v) is 6.69. The van der Waals surface area contributed by atoms with E-state index in [2.05, 4.69) is 9.93 Å². The smallest absolute Gasteiger partial charge is 0.335 e. The monoisotopic (exact) mass is 332 g/mol. The van der Waals surface area contributed by atoms with Gasteiger partial charge in [-0.3, -0.25) is 0 Å². The normalized spacial score (nSPS) is 11.6. The Morgan fingerprint density at radius 1 is 1.09 bits per heavy atom. The minimum absolute atomic E-state index is 0.138. The van der Waals surface area contributed by atoms with Crippen LogP contribution in [-0.2, 0) is 10.0 Å². The number of carboxylic acids is 1. The van der Waals surface area contributed by atoms with Crippen LogP contribution in [0.4, 0.5) is 0 Å². The Labute approximate surface area is 134 Å². The number of nitrogens with zero attached hydrogens (tertiary/aromatic N) is 1. The second-order valence-electron chi connectivity index (χ2n) is 5.03. The first-order chi connectivity index (χ1) is 10.8. The minimum atomic E-state index is -3.73. The van der Waals surface area contributed by atoms with Crippen LogP contribution in [0.2, 0.25) is 0 Å². The van der Waals surface area contributed by atoms with Gasteiger partial charge in [-0.2, -0.15) is 13.5 Å². The standard InChI is InChI=1S/C16H16N2O4S/c1-11-3-8-15(9-12(11)2)23(21,22)18-17-10-13-4-6-14(7-5-13)16(19)20/h3-10,18H,1-2H3,(H,19,20)/b17-10+. The lowest BCUT2D eigenvalue weighted by Crippen LogP contribution is -2.18. The van der Waals surface area contributed by atoms with Gasteiger partial charge in [-0.05, 0) is 54.8 Å². The lowest BCUT2D eigenvalue weighted by Gasteiger charge is -2.06.